The Morgan fingerprint density at radius 1 is 0.568 bits per heavy atom. The molecular weight excluding hydrogens is 971 g/mol. The number of hydrazone groups is 1. The van der Waals surface area contributed by atoms with Gasteiger partial charge in [-0.05, 0) is 130 Å². The van der Waals surface area contributed by atoms with E-state index < -0.39 is 23.8 Å². The summed E-state index contributed by atoms with van der Waals surface area (Å²) < 4.78 is 45.2. The molecule has 1 N–H and O–H groups in total. The van der Waals surface area contributed by atoms with Gasteiger partial charge in [0.1, 0.15) is 28.7 Å². The fourth-order valence-corrected chi connectivity index (χ4v) is 9.12. The molecule has 18 heteroatoms. The average molecular weight is 1030 g/mol. The molecule has 5 aromatic rings. The lowest BCUT2D eigenvalue weighted by atomic mass is 9.82. The Kier molecular flexibility index (Phi) is 20.3. The molecule has 7 rings (SSSR count). The van der Waals surface area contributed by atoms with E-state index >= 15 is 0 Å². The van der Waals surface area contributed by atoms with Gasteiger partial charge in [-0.1, -0.05) is 42.7 Å². The van der Waals surface area contributed by atoms with Crippen LogP contribution in [0.15, 0.2) is 121 Å². The fourth-order valence-electron chi connectivity index (χ4n) is 8.30. The fraction of sp³-hybridized carbons (Fsp3) is 0.357. The van der Waals surface area contributed by atoms with Crippen LogP contribution < -0.4 is 29.1 Å². The smallest absolute Gasteiger partial charge is 0.330 e. The first-order valence-corrected chi connectivity index (χ1v) is 25.5. The Morgan fingerprint density at radius 2 is 1.05 bits per heavy atom. The van der Waals surface area contributed by atoms with Crippen molar-refractivity contribution in [2.24, 2.45) is 28.8 Å². The molecule has 2 aliphatic carbocycles. The van der Waals surface area contributed by atoms with Crippen LogP contribution in [-0.4, -0.2) is 80.0 Å². The summed E-state index contributed by atoms with van der Waals surface area (Å²) in [5.74, 6) is -1.68. The van der Waals surface area contributed by atoms with Gasteiger partial charge in [-0.25, -0.2) is 14.6 Å². The second-order valence-corrected chi connectivity index (χ2v) is 18.6. The minimum absolute atomic E-state index is 0.117. The van der Waals surface area contributed by atoms with Crippen LogP contribution in [0.5, 0.6) is 28.7 Å². The zero-order valence-electron chi connectivity index (χ0n) is 40.9. The molecule has 0 spiro atoms. The highest BCUT2D eigenvalue weighted by Crippen LogP contribution is 2.34. The van der Waals surface area contributed by atoms with Crippen LogP contribution in [0.4, 0.5) is 5.13 Å². The summed E-state index contributed by atoms with van der Waals surface area (Å²) in [4.78, 5) is 79.8. The van der Waals surface area contributed by atoms with Crippen LogP contribution in [-0.2, 0) is 49.4 Å². The van der Waals surface area contributed by atoms with Gasteiger partial charge in [0.25, 0.3) is 0 Å². The van der Waals surface area contributed by atoms with Crippen molar-refractivity contribution in [3.05, 3.63) is 127 Å². The molecule has 388 valence electrons. The Bertz CT molecular complexity index is 2720. The molecule has 4 aromatic carbocycles. The summed E-state index contributed by atoms with van der Waals surface area (Å²) >= 11 is 1.45. The topological polar surface area (TPSA) is 214 Å². The zero-order chi connectivity index (χ0) is 52.1. The molecule has 0 amide bonds. The molecule has 1 heterocycles. The van der Waals surface area contributed by atoms with E-state index in [0.717, 1.165) is 27.9 Å². The van der Waals surface area contributed by atoms with Crippen molar-refractivity contribution in [2.45, 2.75) is 70.6 Å². The van der Waals surface area contributed by atoms with Crippen molar-refractivity contribution in [2.75, 3.05) is 38.5 Å². The van der Waals surface area contributed by atoms with Crippen LogP contribution in [0.3, 0.4) is 0 Å². The number of anilines is 1. The molecule has 0 aliphatic heterocycles. The Labute approximate surface area is 432 Å². The number of esters is 6. The number of benzene rings is 4. The molecule has 0 bridgehead atoms. The molecule has 0 unspecified atom stereocenters. The number of thiazole rings is 1. The number of fused-ring (bicyclic) bond motifs is 1. The number of aromatic nitrogens is 1. The highest BCUT2D eigenvalue weighted by molar-refractivity contribution is 7.22. The number of hydrogen-bond acceptors (Lipinski definition) is 18. The maximum absolute atomic E-state index is 13.6. The van der Waals surface area contributed by atoms with Gasteiger partial charge in [0, 0.05) is 37.0 Å². The predicted molar refractivity (Wildman–Crippen MR) is 275 cm³/mol. The van der Waals surface area contributed by atoms with E-state index in [1.165, 1.54) is 11.3 Å². The second kappa shape index (κ2) is 27.8. The zero-order valence-corrected chi connectivity index (χ0v) is 41.8. The number of carbonyl (C=O) groups excluding carboxylic acids is 6. The van der Waals surface area contributed by atoms with Crippen molar-refractivity contribution in [3.63, 3.8) is 0 Å². The minimum atomic E-state index is -0.486. The van der Waals surface area contributed by atoms with Crippen molar-refractivity contribution < 1.29 is 66.7 Å². The van der Waals surface area contributed by atoms with E-state index in [4.69, 9.17) is 37.9 Å². The molecule has 2 fully saturated rings. The number of ether oxygens (including phenoxy) is 8. The largest absolute Gasteiger partial charge is 0.493 e. The summed E-state index contributed by atoms with van der Waals surface area (Å²) in [6.07, 6.45) is 8.94. The van der Waals surface area contributed by atoms with Gasteiger partial charge in [0.05, 0.1) is 73.1 Å². The Hall–Kier alpha value is -7.86. The molecule has 0 radical (unpaired) electrons. The van der Waals surface area contributed by atoms with E-state index in [2.05, 4.69) is 28.7 Å². The SMILES string of the molecule is C=CC(=O)OCCCOc1ccc(OC(=O)C2CCC(C(=O)OCCc3ccc(OC(=O)C4CCC(C(=O)Oc5ccc(OCCCOC(=O)C=C)cc5)CC4)c(/C=N/Nc4nc5ccccc5s4)c3)CC2)cc1. The first-order chi connectivity index (χ1) is 36.0. The molecule has 17 nitrogen and oxygen atoms in total. The molecule has 2 saturated carbocycles. The molecular formula is C56H59N3O14S. The van der Waals surface area contributed by atoms with Crippen molar-refractivity contribution in [3.8, 4) is 28.7 Å². The molecule has 0 atom stereocenters. The molecule has 1 aromatic heterocycles. The minimum Gasteiger partial charge on any atom is -0.493 e. The number of para-hydroxylation sites is 1. The van der Waals surface area contributed by atoms with Gasteiger partial charge in [0.15, 0.2) is 0 Å². The highest BCUT2D eigenvalue weighted by Gasteiger charge is 2.34. The predicted octanol–water partition coefficient (Wildman–Crippen LogP) is 9.55. The number of nitrogens with zero attached hydrogens (tertiary/aromatic N) is 2. The third kappa shape index (κ3) is 16.6. The maximum Gasteiger partial charge on any atom is 0.330 e. The van der Waals surface area contributed by atoms with Gasteiger partial charge in [-0.2, -0.15) is 5.10 Å². The lowest BCUT2D eigenvalue weighted by Gasteiger charge is -2.26. The summed E-state index contributed by atoms with van der Waals surface area (Å²) in [7, 11) is 0. The van der Waals surface area contributed by atoms with E-state index in [0.29, 0.717) is 123 Å². The van der Waals surface area contributed by atoms with Crippen LogP contribution >= 0.6 is 11.3 Å². The third-order valence-electron chi connectivity index (χ3n) is 12.4. The monoisotopic (exact) mass is 1030 g/mol. The van der Waals surface area contributed by atoms with Gasteiger partial charge < -0.3 is 37.9 Å². The van der Waals surface area contributed by atoms with Crippen LogP contribution in [0.1, 0.15) is 75.3 Å². The van der Waals surface area contributed by atoms with Crippen molar-refractivity contribution in [1.29, 1.82) is 0 Å². The summed E-state index contributed by atoms with van der Waals surface area (Å²) in [5.41, 5.74) is 5.16. The van der Waals surface area contributed by atoms with Crippen molar-refractivity contribution in [1.82, 2.24) is 4.98 Å². The first kappa shape index (κ1) is 53.9. The number of hydrogen-bond donors (Lipinski definition) is 1. The van der Waals surface area contributed by atoms with Gasteiger partial charge in [0.2, 0.25) is 5.13 Å². The normalized spacial score (nSPS) is 17.3. The summed E-state index contributed by atoms with van der Waals surface area (Å²) in [6, 6.07) is 26.5. The lowest BCUT2D eigenvalue weighted by molar-refractivity contribution is -0.152. The summed E-state index contributed by atoms with van der Waals surface area (Å²) in [5, 5.41) is 5.02. The van der Waals surface area contributed by atoms with Gasteiger partial charge in [-0.15, -0.1) is 0 Å². The van der Waals surface area contributed by atoms with Crippen LogP contribution in [0, 0.1) is 23.7 Å². The van der Waals surface area contributed by atoms with Crippen LogP contribution in [0.25, 0.3) is 10.2 Å². The molecule has 0 saturated heterocycles. The second-order valence-electron chi connectivity index (χ2n) is 17.6. The lowest BCUT2D eigenvalue weighted by Crippen LogP contribution is -2.30. The highest BCUT2D eigenvalue weighted by atomic mass is 32.1. The maximum atomic E-state index is 13.6. The summed E-state index contributed by atoms with van der Waals surface area (Å²) in [6.45, 7) is 7.94. The number of nitrogens with one attached hydrogen (secondary N) is 1. The van der Waals surface area contributed by atoms with E-state index in [1.807, 2.05) is 36.4 Å². The average Bonchev–Trinajstić information content (AvgIpc) is 3.85. The van der Waals surface area contributed by atoms with E-state index in [9.17, 15) is 28.8 Å². The Balaban J connectivity index is 0.859. The standard InChI is InChI=1S/C56H59N3O14S/c1-3-50(60)68-32-7-30-66-43-20-24-45(25-21-43)71-53(63)39-14-12-38(13-15-39)52(62)70-34-29-37-11-28-48(42(35-37)36-57-59-56-58-47-9-5-6-10-49(47)74-56)73-55(65)41-18-16-40(17-19-41)54(64)72-46-26-22-44(23-27-46)67-31-8-33-69-51(61)4-2/h3-6,9-11,20-28,35-36,38-41H,1-2,7-8,12-19,29-34H2,(H,58,59)/b57-36+. The molecule has 2 aliphatic rings. The van der Waals surface area contributed by atoms with E-state index in [1.54, 1.807) is 60.8 Å². The quantitative estimate of drug-likeness (QED) is 0.0110. The van der Waals surface area contributed by atoms with Crippen molar-refractivity contribution >= 4 is 68.7 Å². The number of rotatable bonds is 25. The van der Waals surface area contributed by atoms with Gasteiger partial charge >= 0.3 is 35.8 Å². The Morgan fingerprint density at radius 3 is 1.57 bits per heavy atom. The third-order valence-corrected chi connectivity index (χ3v) is 13.3. The van der Waals surface area contributed by atoms with Crippen LogP contribution in [0.2, 0.25) is 0 Å². The number of carbonyl (C=O) groups is 6. The van der Waals surface area contributed by atoms with E-state index in [-0.39, 0.29) is 55.5 Å². The van der Waals surface area contributed by atoms with Gasteiger partial charge in [-0.3, -0.25) is 24.6 Å². The molecule has 74 heavy (non-hydrogen) atoms. The first-order valence-electron chi connectivity index (χ1n) is 24.7.